The number of ether oxygens (including phenoxy) is 1. The van der Waals surface area contributed by atoms with E-state index in [0.29, 0.717) is 6.54 Å². The van der Waals surface area contributed by atoms with E-state index in [1.165, 1.54) is 0 Å². The molecule has 2 rings (SSSR count). The monoisotopic (exact) mass is 221 g/mol. The van der Waals surface area contributed by atoms with E-state index in [9.17, 15) is 0 Å². The summed E-state index contributed by atoms with van der Waals surface area (Å²) in [6.07, 6.45) is 1.39. The van der Waals surface area contributed by atoms with Gasteiger partial charge < -0.3 is 20.0 Å². The number of hydrogen-bond donors (Lipinski definition) is 2. The maximum atomic E-state index is 8.73. The standard InChI is InChI=1S/C12H15NO3/c13-7-11(15-6-5-14)12-10-4-2-1-3-9(10)8-16-12/h1-4,8,11,14H,5-7,13H2. The van der Waals surface area contributed by atoms with Crippen LogP contribution in [0.4, 0.5) is 0 Å². The molecule has 1 heterocycles. The smallest absolute Gasteiger partial charge is 0.141 e. The van der Waals surface area contributed by atoms with Gasteiger partial charge >= 0.3 is 0 Å². The predicted molar refractivity (Wildman–Crippen MR) is 61.0 cm³/mol. The van der Waals surface area contributed by atoms with Gasteiger partial charge in [0.2, 0.25) is 0 Å². The van der Waals surface area contributed by atoms with Crippen LogP contribution in [0.15, 0.2) is 34.9 Å². The molecule has 0 saturated heterocycles. The first-order chi connectivity index (χ1) is 7.86. The number of nitrogens with two attached hydrogens (primary N) is 1. The van der Waals surface area contributed by atoms with Gasteiger partial charge in [0.1, 0.15) is 11.9 Å². The molecule has 0 bridgehead atoms. The molecule has 1 atom stereocenters. The highest BCUT2D eigenvalue weighted by Crippen LogP contribution is 2.27. The molecule has 1 aromatic heterocycles. The molecule has 0 aliphatic heterocycles. The number of aliphatic hydroxyl groups is 1. The van der Waals surface area contributed by atoms with Crippen LogP contribution in [0, 0.1) is 0 Å². The summed E-state index contributed by atoms with van der Waals surface area (Å²) in [6.45, 7) is 0.573. The average molecular weight is 221 g/mol. The summed E-state index contributed by atoms with van der Waals surface area (Å²) in [6, 6.07) is 7.84. The Balaban J connectivity index is 2.30. The highest BCUT2D eigenvalue weighted by molar-refractivity contribution is 5.84. The molecule has 0 aliphatic rings. The maximum Gasteiger partial charge on any atom is 0.141 e. The van der Waals surface area contributed by atoms with E-state index in [-0.39, 0.29) is 19.3 Å². The summed E-state index contributed by atoms with van der Waals surface area (Å²) in [5.41, 5.74) is 5.63. The van der Waals surface area contributed by atoms with Crippen molar-refractivity contribution >= 4 is 10.8 Å². The van der Waals surface area contributed by atoms with Crippen LogP contribution < -0.4 is 5.73 Å². The molecule has 2 aromatic rings. The highest BCUT2D eigenvalue weighted by atomic mass is 16.5. The highest BCUT2D eigenvalue weighted by Gasteiger charge is 2.16. The molecule has 4 heteroatoms. The van der Waals surface area contributed by atoms with Crippen LogP contribution in [0.3, 0.4) is 0 Å². The minimum absolute atomic E-state index is 0.0187. The molecule has 0 spiro atoms. The fourth-order valence-electron chi connectivity index (χ4n) is 1.71. The van der Waals surface area contributed by atoms with E-state index < -0.39 is 0 Å². The van der Waals surface area contributed by atoms with Crippen LogP contribution in [0.2, 0.25) is 0 Å². The zero-order valence-electron chi connectivity index (χ0n) is 8.93. The van der Waals surface area contributed by atoms with Crippen LogP contribution in [0.1, 0.15) is 11.9 Å². The van der Waals surface area contributed by atoms with E-state index in [0.717, 1.165) is 16.5 Å². The molecule has 1 unspecified atom stereocenters. The lowest BCUT2D eigenvalue weighted by molar-refractivity contribution is 0.0221. The van der Waals surface area contributed by atoms with Gasteiger partial charge in [-0.25, -0.2) is 0 Å². The van der Waals surface area contributed by atoms with E-state index in [1.54, 1.807) is 6.26 Å². The van der Waals surface area contributed by atoms with Crippen molar-refractivity contribution in [3.05, 3.63) is 36.3 Å². The molecule has 86 valence electrons. The van der Waals surface area contributed by atoms with Gasteiger partial charge in [0.25, 0.3) is 0 Å². The Kier molecular flexibility index (Phi) is 3.56. The minimum Gasteiger partial charge on any atom is -0.465 e. The fraction of sp³-hybridized carbons (Fsp3) is 0.333. The first-order valence-corrected chi connectivity index (χ1v) is 5.25. The van der Waals surface area contributed by atoms with Crippen LogP contribution in [0.5, 0.6) is 0 Å². The first kappa shape index (κ1) is 11.1. The molecule has 0 amide bonds. The fourth-order valence-corrected chi connectivity index (χ4v) is 1.71. The zero-order chi connectivity index (χ0) is 11.4. The number of fused-ring (bicyclic) bond motifs is 1. The molecule has 16 heavy (non-hydrogen) atoms. The summed E-state index contributed by atoms with van der Waals surface area (Å²) >= 11 is 0. The van der Waals surface area contributed by atoms with Crippen molar-refractivity contribution in [2.45, 2.75) is 6.10 Å². The second-order valence-corrected chi connectivity index (χ2v) is 3.51. The maximum absolute atomic E-state index is 8.73. The van der Waals surface area contributed by atoms with Gasteiger partial charge in [-0.2, -0.15) is 0 Å². The van der Waals surface area contributed by atoms with Gasteiger partial charge in [-0.05, 0) is 0 Å². The van der Waals surface area contributed by atoms with Gasteiger partial charge in [0, 0.05) is 17.3 Å². The number of rotatable bonds is 5. The summed E-state index contributed by atoms with van der Waals surface area (Å²) in [4.78, 5) is 0. The molecule has 4 nitrogen and oxygen atoms in total. The van der Waals surface area contributed by atoms with Gasteiger partial charge in [-0.3, -0.25) is 0 Å². The van der Waals surface area contributed by atoms with Crippen molar-refractivity contribution < 1.29 is 14.3 Å². The van der Waals surface area contributed by atoms with Crippen LogP contribution in [-0.4, -0.2) is 24.9 Å². The lowest BCUT2D eigenvalue weighted by Gasteiger charge is -2.13. The molecular formula is C12H15NO3. The van der Waals surface area contributed by atoms with Crippen molar-refractivity contribution in [1.29, 1.82) is 0 Å². The zero-order valence-corrected chi connectivity index (χ0v) is 8.93. The van der Waals surface area contributed by atoms with Crippen molar-refractivity contribution in [3.8, 4) is 0 Å². The number of furan rings is 1. The van der Waals surface area contributed by atoms with E-state index in [4.69, 9.17) is 20.0 Å². The lowest BCUT2D eigenvalue weighted by Crippen LogP contribution is -2.17. The van der Waals surface area contributed by atoms with Crippen molar-refractivity contribution in [2.24, 2.45) is 5.73 Å². The van der Waals surface area contributed by atoms with Gasteiger partial charge in [-0.1, -0.05) is 24.3 Å². The minimum atomic E-state index is -0.299. The van der Waals surface area contributed by atoms with Gasteiger partial charge in [-0.15, -0.1) is 0 Å². The summed E-state index contributed by atoms with van der Waals surface area (Å²) in [5, 5.41) is 10.8. The Morgan fingerprint density at radius 3 is 2.94 bits per heavy atom. The van der Waals surface area contributed by atoms with Gasteiger partial charge in [0.15, 0.2) is 0 Å². The third-order valence-corrected chi connectivity index (χ3v) is 2.46. The van der Waals surface area contributed by atoms with E-state index in [1.807, 2.05) is 24.3 Å². The van der Waals surface area contributed by atoms with Crippen LogP contribution >= 0.6 is 0 Å². The van der Waals surface area contributed by atoms with Gasteiger partial charge in [0.05, 0.1) is 19.5 Å². The summed E-state index contributed by atoms with van der Waals surface area (Å²) in [7, 11) is 0. The molecule has 0 fully saturated rings. The molecule has 1 aromatic carbocycles. The normalized spacial score (nSPS) is 13.1. The van der Waals surface area contributed by atoms with E-state index >= 15 is 0 Å². The second-order valence-electron chi connectivity index (χ2n) is 3.51. The quantitative estimate of drug-likeness (QED) is 0.801. The molecule has 0 radical (unpaired) electrons. The Hall–Kier alpha value is -1.36. The number of hydrogen-bond acceptors (Lipinski definition) is 4. The number of aliphatic hydroxyl groups excluding tert-OH is 1. The van der Waals surface area contributed by atoms with Crippen molar-refractivity contribution in [1.82, 2.24) is 0 Å². The lowest BCUT2D eigenvalue weighted by atomic mass is 10.1. The third kappa shape index (κ3) is 2.09. The third-order valence-electron chi connectivity index (χ3n) is 2.46. The van der Waals surface area contributed by atoms with Crippen LogP contribution in [0.25, 0.3) is 10.8 Å². The largest absolute Gasteiger partial charge is 0.465 e. The van der Waals surface area contributed by atoms with Crippen LogP contribution in [-0.2, 0) is 4.74 Å². The van der Waals surface area contributed by atoms with Crippen molar-refractivity contribution in [3.63, 3.8) is 0 Å². The average Bonchev–Trinajstić information content (AvgIpc) is 2.75. The first-order valence-electron chi connectivity index (χ1n) is 5.25. The SMILES string of the molecule is NCC(OCCO)c1occ2ccccc12. The summed E-state index contributed by atoms with van der Waals surface area (Å²) < 4.78 is 10.9. The second kappa shape index (κ2) is 5.12. The molecule has 0 aliphatic carbocycles. The van der Waals surface area contributed by atoms with Crippen molar-refractivity contribution in [2.75, 3.05) is 19.8 Å². The Morgan fingerprint density at radius 2 is 2.19 bits per heavy atom. The summed E-state index contributed by atoms with van der Waals surface area (Å²) in [5.74, 6) is 0.728. The Bertz CT molecular complexity index is 452. The Labute approximate surface area is 93.6 Å². The molecular weight excluding hydrogens is 206 g/mol. The molecule has 3 N–H and O–H groups in total. The Morgan fingerprint density at radius 1 is 1.38 bits per heavy atom. The number of benzene rings is 1. The van der Waals surface area contributed by atoms with E-state index in [2.05, 4.69) is 0 Å². The topological polar surface area (TPSA) is 68.6 Å². The molecule has 0 saturated carbocycles. The predicted octanol–water partition coefficient (Wildman–Crippen LogP) is 1.44.